The van der Waals surface area contributed by atoms with Gasteiger partial charge in [0.1, 0.15) is 0 Å². The van der Waals surface area contributed by atoms with E-state index in [0.717, 1.165) is 27.1 Å². The fourth-order valence-electron chi connectivity index (χ4n) is 5.13. The number of fused-ring (bicyclic) bond motifs is 5. The lowest BCUT2D eigenvalue weighted by molar-refractivity contribution is -0.384. The molecule has 0 saturated carbocycles. The van der Waals surface area contributed by atoms with Crippen LogP contribution in [0, 0.1) is 10.1 Å². The Bertz CT molecular complexity index is 1800. The van der Waals surface area contributed by atoms with Crippen molar-refractivity contribution in [2.75, 3.05) is 5.32 Å². The Kier molecular flexibility index (Phi) is 4.68. The summed E-state index contributed by atoms with van der Waals surface area (Å²) in [5.74, 6) is 0. The first-order valence-corrected chi connectivity index (χ1v) is 11.4. The van der Waals surface area contributed by atoms with Gasteiger partial charge in [-0.3, -0.25) is 24.0 Å². The van der Waals surface area contributed by atoms with E-state index in [1.165, 1.54) is 23.7 Å². The highest BCUT2D eigenvalue weighted by atomic mass is 16.6. The quantitative estimate of drug-likeness (QED) is 0.310. The molecule has 9 heteroatoms. The molecule has 0 bridgehead atoms. The van der Waals surface area contributed by atoms with Crippen molar-refractivity contribution in [3.63, 3.8) is 0 Å². The van der Waals surface area contributed by atoms with Gasteiger partial charge in [-0.25, -0.2) is 4.79 Å². The molecule has 0 spiro atoms. The number of anilines is 1. The minimum absolute atomic E-state index is 0.0126. The predicted octanol–water partition coefficient (Wildman–Crippen LogP) is 4.12. The van der Waals surface area contributed by atoms with Gasteiger partial charge in [0.15, 0.2) is 0 Å². The van der Waals surface area contributed by atoms with Gasteiger partial charge in [0.2, 0.25) is 0 Å². The Labute approximate surface area is 204 Å². The lowest BCUT2D eigenvalue weighted by atomic mass is 9.99. The van der Waals surface area contributed by atoms with Gasteiger partial charge in [-0.2, -0.15) is 0 Å². The molecule has 1 N–H and O–H groups in total. The normalized spacial score (nSPS) is 14.2. The molecule has 0 aliphatic carbocycles. The third kappa shape index (κ3) is 2.96. The first-order chi connectivity index (χ1) is 17.4. The second-order valence-electron chi connectivity index (χ2n) is 8.81. The molecule has 3 aromatic carbocycles. The van der Waals surface area contributed by atoms with E-state index in [0.29, 0.717) is 22.3 Å². The highest BCUT2D eigenvalue weighted by Gasteiger charge is 2.34. The Morgan fingerprint density at radius 2 is 1.53 bits per heavy atom. The number of non-ortho nitro benzene ring substituents is 1. The Morgan fingerprint density at radius 3 is 2.22 bits per heavy atom. The third-order valence-corrected chi connectivity index (χ3v) is 6.81. The molecule has 3 heterocycles. The third-order valence-electron chi connectivity index (χ3n) is 6.81. The van der Waals surface area contributed by atoms with Crippen LogP contribution in [0.5, 0.6) is 0 Å². The number of nitrogens with zero attached hydrogens (tertiary/aromatic N) is 4. The van der Waals surface area contributed by atoms with E-state index in [2.05, 4.69) is 5.32 Å². The average molecular weight is 479 g/mol. The van der Waals surface area contributed by atoms with Crippen molar-refractivity contribution >= 4 is 22.3 Å². The Hall–Kier alpha value is -4.92. The van der Waals surface area contributed by atoms with Gasteiger partial charge in [0, 0.05) is 26.2 Å². The second-order valence-corrected chi connectivity index (χ2v) is 8.81. The molecule has 0 saturated heterocycles. The van der Waals surface area contributed by atoms with E-state index in [1.54, 1.807) is 19.2 Å². The molecule has 5 aromatic rings. The van der Waals surface area contributed by atoms with Crippen LogP contribution in [0.4, 0.5) is 11.4 Å². The fourth-order valence-corrected chi connectivity index (χ4v) is 5.13. The van der Waals surface area contributed by atoms with Gasteiger partial charge in [-0.15, -0.1) is 0 Å². The number of hydrogen-bond donors (Lipinski definition) is 1. The van der Waals surface area contributed by atoms with E-state index in [4.69, 9.17) is 0 Å². The van der Waals surface area contributed by atoms with Gasteiger partial charge in [0.25, 0.3) is 11.2 Å². The summed E-state index contributed by atoms with van der Waals surface area (Å²) >= 11 is 0. The molecule has 0 unspecified atom stereocenters. The molecular formula is C27H21N5O4. The minimum Gasteiger partial charge on any atom is -0.371 e. The van der Waals surface area contributed by atoms with E-state index >= 15 is 0 Å². The number of benzene rings is 3. The van der Waals surface area contributed by atoms with Crippen LogP contribution in [0.1, 0.15) is 17.3 Å². The van der Waals surface area contributed by atoms with E-state index in [-0.39, 0.29) is 11.2 Å². The van der Waals surface area contributed by atoms with E-state index in [9.17, 15) is 19.7 Å². The van der Waals surface area contributed by atoms with Crippen LogP contribution in [-0.4, -0.2) is 18.6 Å². The number of para-hydroxylation sites is 2. The van der Waals surface area contributed by atoms with Crippen molar-refractivity contribution in [1.82, 2.24) is 13.7 Å². The smallest absolute Gasteiger partial charge is 0.331 e. The molecule has 1 aliphatic rings. The number of nitrogens with one attached hydrogen (secondary N) is 1. The maximum atomic E-state index is 13.6. The summed E-state index contributed by atoms with van der Waals surface area (Å²) in [5, 5.41) is 15.2. The first kappa shape index (κ1) is 21.6. The summed E-state index contributed by atoms with van der Waals surface area (Å²) in [6.45, 7) is 0. The molecule has 0 radical (unpaired) electrons. The topological polar surface area (TPSA) is 104 Å². The number of aryl methyl sites for hydroxylation is 1. The maximum Gasteiger partial charge on any atom is 0.331 e. The molecule has 36 heavy (non-hydrogen) atoms. The number of aromatic nitrogens is 3. The highest BCUT2D eigenvalue weighted by Crippen LogP contribution is 2.45. The van der Waals surface area contributed by atoms with Gasteiger partial charge in [0.05, 0.1) is 44.6 Å². The zero-order chi connectivity index (χ0) is 25.1. The Morgan fingerprint density at radius 1 is 0.861 bits per heavy atom. The first-order valence-electron chi connectivity index (χ1n) is 11.4. The zero-order valence-electron chi connectivity index (χ0n) is 19.5. The predicted molar refractivity (Wildman–Crippen MR) is 138 cm³/mol. The minimum atomic E-state index is -0.474. The molecule has 1 atom stereocenters. The van der Waals surface area contributed by atoms with Gasteiger partial charge >= 0.3 is 5.69 Å². The average Bonchev–Trinajstić information content (AvgIpc) is 3.27. The van der Waals surface area contributed by atoms with Crippen molar-refractivity contribution in [3.05, 3.63) is 121 Å². The summed E-state index contributed by atoms with van der Waals surface area (Å²) in [6, 6.07) is 23.2. The van der Waals surface area contributed by atoms with Gasteiger partial charge < -0.3 is 9.88 Å². The largest absolute Gasteiger partial charge is 0.371 e. The second kappa shape index (κ2) is 7.81. The van der Waals surface area contributed by atoms with Gasteiger partial charge in [-0.1, -0.05) is 42.5 Å². The Balaban J connectivity index is 1.81. The van der Waals surface area contributed by atoms with Crippen molar-refractivity contribution < 1.29 is 4.92 Å². The number of nitro groups is 1. The standard InChI is InChI=1S/C27H21N5O4/c1-29-24-21(26(33)30(2)27(29)34)23(17-8-4-3-5-9-17)31-20-11-7-6-10-19(20)28-22(25(24)31)16-12-14-18(15-13-16)32(35)36/h3-15,22,28H,1-2H3/t22-/m0/s1. The summed E-state index contributed by atoms with van der Waals surface area (Å²) in [5.41, 5.74) is 4.39. The van der Waals surface area contributed by atoms with E-state index in [1.807, 2.05) is 59.2 Å². The SMILES string of the molecule is Cn1c(=O)c2c(-c3ccccc3)n3c(c2n(C)c1=O)[C@H](c1ccc([N+](=O)[O-])cc1)Nc1ccccc1-3. The molecule has 0 amide bonds. The molecule has 178 valence electrons. The molecule has 0 fully saturated rings. The number of nitro benzene ring substituents is 1. The van der Waals surface area contributed by atoms with Crippen LogP contribution in [0.15, 0.2) is 88.5 Å². The zero-order valence-corrected chi connectivity index (χ0v) is 19.5. The van der Waals surface area contributed by atoms with Crippen LogP contribution >= 0.6 is 0 Å². The summed E-state index contributed by atoms with van der Waals surface area (Å²) < 4.78 is 4.67. The monoisotopic (exact) mass is 479 g/mol. The van der Waals surface area contributed by atoms with Crippen LogP contribution in [0.25, 0.3) is 27.8 Å². The number of hydrogen-bond acceptors (Lipinski definition) is 5. The van der Waals surface area contributed by atoms with Crippen molar-refractivity contribution in [2.24, 2.45) is 14.1 Å². The fraction of sp³-hybridized carbons (Fsp3) is 0.111. The van der Waals surface area contributed by atoms with Crippen LogP contribution < -0.4 is 16.6 Å². The van der Waals surface area contributed by atoms with Crippen molar-refractivity contribution in [2.45, 2.75) is 6.04 Å². The molecule has 1 aliphatic heterocycles. The van der Waals surface area contributed by atoms with Crippen molar-refractivity contribution in [1.29, 1.82) is 0 Å². The summed E-state index contributed by atoms with van der Waals surface area (Å²) in [4.78, 5) is 37.5. The number of rotatable bonds is 3. The lowest BCUT2D eigenvalue weighted by Crippen LogP contribution is -2.37. The molecule has 2 aromatic heterocycles. The lowest BCUT2D eigenvalue weighted by Gasteiger charge is -2.31. The maximum absolute atomic E-state index is 13.6. The summed E-state index contributed by atoms with van der Waals surface area (Å²) in [7, 11) is 3.14. The van der Waals surface area contributed by atoms with Gasteiger partial charge in [-0.05, 0) is 35.4 Å². The molecule has 9 nitrogen and oxygen atoms in total. The summed E-state index contributed by atoms with van der Waals surface area (Å²) in [6.07, 6.45) is 0. The van der Waals surface area contributed by atoms with Crippen molar-refractivity contribution in [3.8, 4) is 16.9 Å². The van der Waals surface area contributed by atoms with Crippen LogP contribution in [0.3, 0.4) is 0 Å². The van der Waals surface area contributed by atoms with Crippen LogP contribution in [0.2, 0.25) is 0 Å². The van der Waals surface area contributed by atoms with E-state index < -0.39 is 16.7 Å². The highest BCUT2D eigenvalue weighted by molar-refractivity contribution is 5.99. The molecular weight excluding hydrogens is 458 g/mol. The molecule has 6 rings (SSSR count). The van der Waals surface area contributed by atoms with Crippen LogP contribution in [-0.2, 0) is 14.1 Å².